The van der Waals surface area contributed by atoms with Gasteiger partial charge in [0, 0.05) is 0 Å². The highest BCUT2D eigenvalue weighted by molar-refractivity contribution is 9.11. The first-order valence-electron chi connectivity index (χ1n) is 2.23. The summed E-state index contributed by atoms with van der Waals surface area (Å²) in [7, 11) is 0. The molecule has 1 heterocycles. The minimum Gasteiger partial charge on any atom is -0.364 e. The van der Waals surface area contributed by atoms with Crippen LogP contribution < -0.4 is 5.73 Å². The molecule has 1 aromatic heterocycles. The Labute approximate surface area is 74.3 Å². The molecular formula is C4H2BrClN2OS. The number of halogens is 2. The molecule has 3 nitrogen and oxygen atoms in total. The molecule has 1 aromatic rings. The highest BCUT2D eigenvalue weighted by Crippen LogP contribution is 2.27. The summed E-state index contributed by atoms with van der Waals surface area (Å²) in [4.78, 5) is 14.2. The van der Waals surface area contributed by atoms with Gasteiger partial charge in [-0.3, -0.25) is 4.79 Å². The molecule has 0 fully saturated rings. The van der Waals surface area contributed by atoms with Gasteiger partial charge in [0.15, 0.2) is 9.61 Å². The van der Waals surface area contributed by atoms with Crippen molar-refractivity contribution in [3.8, 4) is 0 Å². The quantitative estimate of drug-likeness (QED) is 0.813. The van der Waals surface area contributed by atoms with Crippen LogP contribution in [-0.2, 0) is 0 Å². The van der Waals surface area contributed by atoms with Crippen LogP contribution >= 0.6 is 38.9 Å². The lowest BCUT2D eigenvalue weighted by Crippen LogP contribution is -2.11. The molecule has 0 bridgehead atoms. The number of rotatable bonds is 1. The maximum atomic E-state index is 10.5. The monoisotopic (exact) mass is 240 g/mol. The van der Waals surface area contributed by atoms with Gasteiger partial charge >= 0.3 is 0 Å². The number of thiazole rings is 1. The number of aromatic nitrogens is 1. The number of amides is 1. The zero-order valence-electron chi connectivity index (χ0n) is 4.60. The van der Waals surface area contributed by atoms with Crippen molar-refractivity contribution in [2.45, 2.75) is 0 Å². The van der Waals surface area contributed by atoms with Crippen LogP contribution in [0.15, 0.2) is 3.92 Å². The van der Waals surface area contributed by atoms with Crippen molar-refractivity contribution in [1.29, 1.82) is 0 Å². The lowest BCUT2D eigenvalue weighted by atomic mass is 10.5. The molecule has 0 spiro atoms. The highest BCUT2D eigenvalue weighted by atomic mass is 79.9. The Bertz CT molecular complexity index is 274. The number of hydrogen-bond acceptors (Lipinski definition) is 3. The predicted octanol–water partition coefficient (Wildman–Crippen LogP) is 1.66. The van der Waals surface area contributed by atoms with Gasteiger partial charge in [-0.15, -0.1) is 0 Å². The first kappa shape index (κ1) is 7.97. The van der Waals surface area contributed by atoms with Gasteiger partial charge in [-0.2, -0.15) is 0 Å². The van der Waals surface area contributed by atoms with E-state index in [1.165, 1.54) is 11.3 Å². The van der Waals surface area contributed by atoms with E-state index in [1.54, 1.807) is 0 Å². The molecule has 0 aliphatic heterocycles. The van der Waals surface area contributed by atoms with Crippen LogP contribution in [0, 0.1) is 0 Å². The van der Waals surface area contributed by atoms with E-state index in [0.717, 1.165) is 0 Å². The molecule has 6 heteroatoms. The fourth-order valence-corrected chi connectivity index (χ4v) is 2.25. The second kappa shape index (κ2) is 2.86. The third-order valence-corrected chi connectivity index (χ3v) is 2.50. The molecule has 0 atom stereocenters. The van der Waals surface area contributed by atoms with Gasteiger partial charge in [0.2, 0.25) is 0 Å². The molecule has 0 unspecified atom stereocenters. The number of hydrogen-bond donors (Lipinski definition) is 1. The summed E-state index contributed by atoms with van der Waals surface area (Å²) in [5, 5.41) is 0. The summed E-state index contributed by atoms with van der Waals surface area (Å²) in [6.45, 7) is 0. The van der Waals surface area contributed by atoms with E-state index in [4.69, 9.17) is 17.3 Å². The van der Waals surface area contributed by atoms with Gasteiger partial charge in [0.25, 0.3) is 5.91 Å². The second-order valence-electron chi connectivity index (χ2n) is 1.45. The highest BCUT2D eigenvalue weighted by Gasteiger charge is 2.11. The number of primary amides is 1. The first-order valence-corrected chi connectivity index (χ1v) is 4.21. The molecule has 54 valence electrons. The van der Waals surface area contributed by atoms with Crippen molar-refractivity contribution >= 4 is 44.8 Å². The maximum Gasteiger partial charge on any atom is 0.269 e. The normalized spacial score (nSPS) is 9.80. The molecule has 0 saturated heterocycles. The minimum absolute atomic E-state index is 0.124. The molecule has 0 aliphatic carbocycles. The Kier molecular flexibility index (Phi) is 2.28. The molecule has 0 saturated carbocycles. The summed E-state index contributed by atoms with van der Waals surface area (Å²) in [5.74, 6) is -0.605. The van der Waals surface area contributed by atoms with Gasteiger partial charge < -0.3 is 5.73 Å². The number of nitrogens with zero attached hydrogens (tertiary/aromatic N) is 1. The molecule has 0 aromatic carbocycles. The van der Waals surface area contributed by atoms with Crippen molar-refractivity contribution in [2.75, 3.05) is 0 Å². The van der Waals surface area contributed by atoms with Crippen LogP contribution in [0.3, 0.4) is 0 Å². The van der Waals surface area contributed by atoms with Gasteiger partial charge in [-0.25, -0.2) is 4.98 Å². The Hall–Kier alpha value is -0.130. The molecule has 1 amide bonds. The Morgan fingerprint density at radius 2 is 2.40 bits per heavy atom. The average molecular weight is 241 g/mol. The van der Waals surface area contributed by atoms with Gasteiger partial charge in [-0.1, -0.05) is 22.9 Å². The van der Waals surface area contributed by atoms with Crippen molar-refractivity contribution < 1.29 is 4.79 Å². The van der Waals surface area contributed by atoms with E-state index in [0.29, 0.717) is 8.25 Å². The van der Waals surface area contributed by atoms with Crippen molar-refractivity contribution in [3.05, 3.63) is 13.9 Å². The molecule has 0 radical (unpaired) electrons. The zero-order chi connectivity index (χ0) is 7.72. The van der Waals surface area contributed by atoms with E-state index in [1.807, 2.05) is 0 Å². The number of carbonyl (C=O) groups is 1. The predicted molar refractivity (Wildman–Crippen MR) is 43.3 cm³/mol. The van der Waals surface area contributed by atoms with Crippen LogP contribution in [0.4, 0.5) is 0 Å². The topological polar surface area (TPSA) is 56.0 Å². The lowest BCUT2D eigenvalue weighted by Gasteiger charge is -1.84. The summed E-state index contributed by atoms with van der Waals surface area (Å²) in [6.07, 6.45) is 0. The standard InChI is InChI=1S/C4H2BrClN2OS/c5-4-8-1(3(7)9)2(6)10-4/h(H2,7,9). The third-order valence-electron chi connectivity index (χ3n) is 0.793. The SMILES string of the molecule is NC(=O)c1nc(Br)sc1Cl. The summed E-state index contributed by atoms with van der Waals surface area (Å²) in [6, 6.07) is 0. The average Bonchev–Trinajstić information content (AvgIpc) is 2.10. The van der Waals surface area contributed by atoms with E-state index in [-0.39, 0.29) is 5.69 Å². The van der Waals surface area contributed by atoms with Crippen LogP contribution in [0.5, 0.6) is 0 Å². The third kappa shape index (κ3) is 1.47. The number of nitrogens with two attached hydrogens (primary N) is 1. The largest absolute Gasteiger partial charge is 0.364 e. The number of carbonyl (C=O) groups excluding carboxylic acids is 1. The van der Waals surface area contributed by atoms with E-state index >= 15 is 0 Å². The van der Waals surface area contributed by atoms with Gasteiger partial charge in [-0.05, 0) is 15.9 Å². The van der Waals surface area contributed by atoms with E-state index in [9.17, 15) is 4.79 Å². The molecule has 2 N–H and O–H groups in total. The van der Waals surface area contributed by atoms with Gasteiger partial charge in [0.1, 0.15) is 4.34 Å². The smallest absolute Gasteiger partial charge is 0.269 e. The minimum atomic E-state index is -0.605. The van der Waals surface area contributed by atoms with Gasteiger partial charge in [0.05, 0.1) is 0 Å². The zero-order valence-corrected chi connectivity index (χ0v) is 7.76. The van der Waals surface area contributed by atoms with E-state index in [2.05, 4.69) is 20.9 Å². The van der Waals surface area contributed by atoms with Crippen molar-refractivity contribution in [3.63, 3.8) is 0 Å². The lowest BCUT2D eigenvalue weighted by molar-refractivity contribution is 0.0996. The first-order chi connectivity index (χ1) is 4.61. The Morgan fingerprint density at radius 3 is 2.60 bits per heavy atom. The summed E-state index contributed by atoms with van der Waals surface area (Å²) < 4.78 is 0.880. The molecule has 1 rings (SSSR count). The van der Waals surface area contributed by atoms with Crippen molar-refractivity contribution in [2.24, 2.45) is 5.73 Å². The van der Waals surface area contributed by atoms with Crippen LogP contribution in [-0.4, -0.2) is 10.9 Å². The Balaban J connectivity index is 3.15. The molecular weight excluding hydrogens is 239 g/mol. The summed E-state index contributed by atoms with van der Waals surface area (Å²) in [5.41, 5.74) is 5.05. The van der Waals surface area contributed by atoms with Crippen molar-refractivity contribution in [1.82, 2.24) is 4.98 Å². The Morgan fingerprint density at radius 1 is 1.80 bits per heavy atom. The fraction of sp³-hybridized carbons (Fsp3) is 0. The van der Waals surface area contributed by atoms with E-state index < -0.39 is 5.91 Å². The molecule has 10 heavy (non-hydrogen) atoms. The maximum absolute atomic E-state index is 10.5. The molecule has 0 aliphatic rings. The summed E-state index contributed by atoms with van der Waals surface area (Å²) >= 11 is 9.80. The van der Waals surface area contributed by atoms with Crippen LogP contribution in [0.25, 0.3) is 0 Å². The van der Waals surface area contributed by atoms with Crippen LogP contribution in [0.1, 0.15) is 10.5 Å². The van der Waals surface area contributed by atoms with Crippen LogP contribution in [0.2, 0.25) is 4.34 Å². The second-order valence-corrected chi connectivity index (χ2v) is 4.33. The fourth-order valence-electron chi connectivity index (χ4n) is 0.429.